The molecule has 160 valence electrons. The summed E-state index contributed by atoms with van der Waals surface area (Å²) in [4.78, 5) is 26.2. The Morgan fingerprint density at radius 3 is 2.74 bits per heavy atom. The van der Waals surface area contributed by atoms with Crippen molar-refractivity contribution in [2.75, 3.05) is 25.1 Å². The summed E-state index contributed by atoms with van der Waals surface area (Å²) < 4.78 is 39.7. The van der Waals surface area contributed by atoms with E-state index in [2.05, 4.69) is 9.46 Å². The Labute approximate surface area is 180 Å². The van der Waals surface area contributed by atoms with Crippen molar-refractivity contribution in [1.29, 1.82) is 0 Å². The first-order valence-electron chi connectivity index (χ1n) is 9.52. The zero-order chi connectivity index (χ0) is 22.0. The first-order chi connectivity index (χ1) is 15.0. The molecule has 1 unspecified atom stereocenters. The van der Waals surface area contributed by atoms with Gasteiger partial charge in [-0.15, -0.1) is 0 Å². The van der Waals surface area contributed by atoms with Crippen LogP contribution in [0.3, 0.4) is 0 Å². The molecule has 4 rings (SSSR count). The SMILES string of the molecule is COC(=O)/C=C/c1ccccc1[S+]([O-])NC(=O)c1cc2c(F)cc(N3CCC3)cc2o1. The number of nitrogens with zero attached hydrogens (tertiary/aromatic N) is 1. The zero-order valence-corrected chi connectivity index (χ0v) is 17.4. The van der Waals surface area contributed by atoms with E-state index < -0.39 is 29.1 Å². The third-order valence-electron chi connectivity index (χ3n) is 4.92. The van der Waals surface area contributed by atoms with E-state index in [-0.39, 0.29) is 16.7 Å². The van der Waals surface area contributed by atoms with Gasteiger partial charge in [-0.05, 0) is 30.7 Å². The summed E-state index contributed by atoms with van der Waals surface area (Å²) in [5.41, 5.74) is 1.42. The van der Waals surface area contributed by atoms with Gasteiger partial charge in [-0.25, -0.2) is 9.18 Å². The first kappa shape index (κ1) is 21.0. The maximum absolute atomic E-state index is 14.5. The van der Waals surface area contributed by atoms with Gasteiger partial charge < -0.3 is 18.6 Å². The van der Waals surface area contributed by atoms with Gasteiger partial charge >= 0.3 is 11.9 Å². The number of hydrogen-bond donors (Lipinski definition) is 1. The van der Waals surface area contributed by atoms with Crippen molar-refractivity contribution in [3.05, 3.63) is 65.7 Å². The molecule has 7 nitrogen and oxygen atoms in total. The van der Waals surface area contributed by atoms with Gasteiger partial charge in [-0.1, -0.05) is 12.1 Å². The molecule has 1 atom stereocenters. The van der Waals surface area contributed by atoms with Gasteiger partial charge in [0.15, 0.2) is 10.7 Å². The summed E-state index contributed by atoms with van der Waals surface area (Å²) in [5, 5.41) is 0.182. The maximum Gasteiger partial charge on any atom is 0.330 e. The van der Waals surface area contributed by atoms with Crippen molar-refractivity contribution in [2.45, 2.75) is 11.3 Å². The average Bonchev–Trinajstić information content (AvgIpc) is 3.16. The smallest absolute Gasteiger partial charge is 0.330 e. The number of carbonyl (C=O) groups is 2. The van der Waals surface area contributed by atoms with Gasteiger partial charge in [0, 0.05) is 42.5 Å². The van der Waals surface area contributed by atoms with Gasteiger partial charge in [0.25, 0.3) is 0 Å². The number of ether oxygens (including phenoxy) is 1. The van der Waals surface area contributed by atoms with Crippen LogP contribution in [0.1, 0.15) is 22.5 Å². The van der Waals surface area contributed by atoms with Crippen LogP contribution in [0.5, 0.6) is 0 Å². The Bertz CT molecular complexity index is 1170. The molecular weight excluding hydrogens is 423 g/mol. The predicted octanol–water partition coefficient (Wildman–Crippen LogP) is 3.42. The van der Waals surface area contributed by atoms with E-state index in [1.807, 2.05) is 4.90 Å². The van der Waals surface area contributed by atoms with Crippen LogP contribution < -0.4 is 9.62 Å². The number of rotatable bonds is 6. The molecule has 2 heterocycles. The van der Waals surface area contributed by atoms with Crippen molar-refractivity contribution in [3.8, 4) is 0 Å². The molecule has 0 spiro atoms. The fraction of sp³-hybridized carbons (Fsp3) is 0.182. The summed E-state index contributed by atoms with van der Waals surface area (Å²) in [6.07, 6.45) is 3.68. The highest BCUT2D eigenvalue weighted by Crippen LogP contribution is 2.30. The molecule has 3 aromatic rings. The summed E-state index contributed by atoms with van der Waals surface area (Å²) in [6.45, 7) is 1.70. The Kier molecular flexibility index (Phi) is 5.97. The molecule has 9 heteroatoms. The Balaban J connectivity index is 1.54. The summed E-state index contributed by atoms with van der Waals surface area (Å²) in [7, 11) is 1.25. The fourth-order valence-corrected chi connectivity index (χ4v) is 4.09. The largest absolute Gasteiger partial charge is 0.588 e. The molecule has 1 amide bonds. The minimum Gasteiger partial charge on any atom is -0.588 e. The molecule has 31 heavy (non-hydrogen) atoms. The van der Waals surface area contributed by atoms with Crippen molar-refractivity contribution in [2.24, 2.45) is 0 Å². The molecule has 1 fully saturated rings. The van der Waals surface area contributed by atoms with Crippen molar-refractivity contribution in [3.63, 3.8) is 0 Å². The number of methoxy groups -OCH3 is 1. The van der Waals surface area contributed by atoms with E-state index in [0.29, 0.717) is 16.1 Å². The van der Waals surface area contributed by atoms with E-state index in [0.717, 1.165) is 19.5 Å². The normalized spacial score (nSPS) is 14.5. The average molecular weight is 442 g/mol. The molecular formula is C22H19FN2O5S. The second-order valence-corrected chi connectivity index (χ2v) is 8.07. The third-order valence-corrected chi connectivity index (χ3v) is 6.06. The number of carbonyl (C=O) groups excluding carboxylic acids is 2. The van der Waals surface area contributed by atoms with E-state index in [1.165, 1.54) is 31.4 Å². The second kappa shape index (κ2) is 8.83. The summed E-state index contributed by atoms with van der Waals surface area (Å²) in [5.74, 6) is -1.94. The number of furan rings is 1. The lowest BCUT2D eigenvalue weighted by Gasteiger charge is -2.33. The van der Waals surface area contributed by atoms with Crippen LogP contribution in [-0.2, 0) is 20.9 Å². The van der Waals surface area contributed by atoms with Crippen LogP contribution in [0, 0.1) is 5.82 Å². The quantitative estimate of drug-likeness (QED) is 0.357. The molecule has 2 aromatic carbocycles. The first-order valence-corrected chi connectivity index (χ1v) is 10.7. The number of hydrogen-bond acceptors (Lipinski definition) is 6. The highest BCUT2D eigenvalue weighted by Gasteiger charge is 2.24. The topological polar surface area (TPSA) is 94.8 Å². The molecule has 1 N–H and O–H groups in total. The fourth-order valence-electron chi connectivity index (χ4n) is 3.15. The number of esters is 1. The molecule has 0 aliphatic carbocycles. The number of amides is 1. The van der Waals surface area contributed by atoms with Crippen LogP contribution in [0.4, 0.5) is 10.1 Å². The molecule has 1 aliphatic rings. The van der Waals surface area contributed by atoms with Crippen molar-refractivity contribution < 1.29 is 27.7 Å². The molecule has 0 radical (unpaired) electrons. The van der Waals surface area contributed by atoms with E-state index >= 15 is 0 Å². The number of nitrogens with one attached hydrogen (secondary N) is 1. The maximum atomic E-state index is 14.5. The third kappa shape index (κ3) is 4.42. The van der Waals surface area contributed by atoms with Gasteiger partial charge in [-0.3, -0.25) is 4.79 Å². The molecule has 0 bridgehead atoms. The number of anilines is 1. The molecule has 1 aromatic heterocycles. The minimum absolute atomic E-state index is 0.148. The lowest BCUT2D eigenvalue weighted by molar-refractivity contribution is -0.134. The number of fused-ring (bicyclic) bond motifs is 1. The van der Waals surface area contributed by atoms with E-state index in [4.69, 9.17) is 4.42 Å². The van der Waals surface area contributed by atoms with Gasteiger partial charge in [0.1, 0.15) is 22.8 Å². The predicted molar refractivity (Wildman–Crippen MR) is 114 cm³/mol. The Morgan fingerprint density at radius 2 is 2.03 bits per heavy atom. The van der Waals surface area contributed by atoms with Crippen LogP contribution in [0.2, 0.25) is 0 Å². The van der Waals surface area contributed by atoms with Crippen molar-refractivity contribution >= 4 is 46.0 Å². The van der Waals surface area contributed by atoms with E-state index in [9.17, 15) is 18.5 Å². The highest BCUT2D eigenvalue weighted by molar-refractivity contribution is 7.90. The monoisotopic (exact) mass is 442 g/mol. The molecule has 1 saturated heterocycles. The number of halogens is 1. The molecule has 0 saturated carbocycles. The highest BCUT2D eigenvalue weighted by atomic mass is 32.2. The zero-order valence-electron chi connectivity index (χ0n) is 16.6. The van der Waals surface area contributed by atoms with Gasteiger partial charge in [0.2, 0.25) is 0 Å². The number of benzene rings is 2. The Hall–Kier alpha value is -3.30. The lowest BCUT2D eigenvalue weighted by atomic mass is 10.1. The summed E-state index contributed by atoms with van der Waals surface area (Å²) in [6, 6.07) is 11.0. The van der Waals surface area contributed by atoms with Gasteiger partial charge in [0.05, 0.1) is 12.5 Å². The van der Waals surface area contributed by atoms with Crippen LogP contribution in [0.25, 0.3) is 17.0 Å². The Morgan fingerprint density at radius 1 is 1.26 bits per heavy atom. The minimum atomic E-state index is -1.94. The van der Waals surface area contributed by atoms with Crippen LogP contribution >= 0.6 is 0 Å². The summed E-state index contributed by atoms with van der Waals surface area (Å²) >= 11 is -1.94. The second-order valence-electron chi connectivity index (χ2n) is 6.88. The van der Waals surface area contributed by atoms with Crippen LogP contribution in [-0.4, -0.2) is 36.6 Å². The lowest BCUT2D eigenvalue weighted by Crippen LogP contribution is -2.36. The van der Waals surface area contributed by atoms with Crippen molar-refractivity contribution in [1.82, 2.24) is 4.72 Å². The van der Waals surface area contributed by atoms with Crippen LogP contribution in [0.15, 0.2) is 57.9 Å². The van der Waals surface area contributed by atoms with Gasteiger partial charge in [-0.2, -0.15) is 4.72 Å². The standard InChI is InChI=1S/C22H19FN2O5S/c1-29-21(26)8-7-14-5-2-3-6-20(14)31(28)24-22(27)19-13-16-17(23)11-15(12-18(16)30-19)25-9-4-10-25/h2-3,5-8,11-13H,4,9-10H2,1H3,(H,24,27)/b8-7+. The van der Waals surface area contributed by atoms with E-state index in [1.54, 1.807) is 30.3 Å². The molecule has 1 aliphatic heterocycles.